The van der Waals surface area contributed by atoms with Gasteiger partial charge in [-0.15, -0.1) is 0 Å². The molecule has 134 valence electrons. The first-order valence-corrected chi connectivity index (χ1v) is 9.43. The number of ether oxygens (including phenoxy) is 3. The SMILES string of the molecule is CCCCOCC(OCCCC)(OCCCC)OP(=O)([O-])[O-]. The highest BCUT2D eigenvalue weighted by Crippen LogP contribution is 2.35. The molecule has 0 saturated heterocycles. The van der Waals surface area contributed by atoms with Crippen molar-refractivity contribution < 1.29 is 33.1 Å². The van der Waals surface area contributed by atoms with Gasteiger partial charge in [-0.2, -0.15) is 0 Å². The average Bonchev–Trinajstić information content (AvgIpc) is 2.42. The summed E-state index contributed by atoms with van der Waals surface area (Å²) in [6, 6.07) is 0. The topological polar surface area (TPSA) is 100 Å². The third-order valence-electron chi connectivity index (χ3n) is 2.81. The number of hydrogen-bond acceptors (Lipinski definition) is 7. The summed E-state index contributed by atoms with van der Waals surface area (Å²) < 4.78 is 31.8. The van der Waals surface area contributed by atoms with E-state index in [1.165, 1.54) is 0 Å². The van der Waals surface area contributed by atoms with E-state index in [1.54, 1.807) is 0 Å². The maximum absolute atomic E-state index is 11.0. The van der Waals surface area contributed by atoms with Crippen LogP contribution in [-0.2, 0) is 23.3 Å². The minimum absolute atomic E-state index is 0.222. The van der Waals surface area contributed by atoms with Crippen molar-refractivity contribution in [3.8, 4) is 0 Å². The molecule has 0 radical (unpaired) electrons. The van der Waals surface area contributed by atoms with Crippen LogP contribution in [0.25, 0.3) is 0 Å². The largest absolute Gasteiger partial charge is 0.790 e. The number of rotatable bonds is 15. The molecule has 0 atom stereocenters. The van der Waals surface area contributed by atoms with Gasteiger partial charge in [0.25, 0.3) is 0 Å². The van der Waals surface area contributed by atoms with Gasteiger partial charge in [-0.25, -0.2) is 0 Å². The summed E-state index contributed by atoms with van der Waals surface area (Å²) in [4.78, 5) is 22.1. The highest BCUT2D eigenvalue weighted by atomic mass is 31.2. The second-order valence-electron chi connectivity index (χ2n) is 5.03. The predicted octanol–water partition coefficient (Wildman–Crippen LogP) is 1.94. The van der Waals surface area contributed by atoms with Crippen LogP contribution in [0.1, 0.15) is 59.3 Å². The van der Waals surface area contributed by atoms with Gasteiger partial charge < -0.3 is 28.6 Å². The van der Waals surface area contributed by atoms with Gasteiger partial charge in [0.1, 0.15) is 6.61 Å². The highest BCUT2D eigenvalue weighted by Gasteiger charge is 2.35. The fourth-order valence-corrected chi connectivity index (χ4v) is 2.06. The molecule has 0 unspecified atom stereocenters. The molecule has 0 heterocycles. The zero-order chi connectivity index (χ0) is 16.9. The van der Waals surface area contributed by atoms with E-state index in [2.05, 4.69) is 4.52 Å². The Morgan fingerprint density at radius 2 is 1.32 bits per heavy atom. The summed E-state index contributed by atoms with van der Waals surface area (Å²) in [5.74, 6) is -1.98. The first kappa shape index (κ1) is 22.0. The van der Waals surface area contributed by atoms with E-state index in [9.17, 15) is 14.4 Å². The Morgan fingerprint density at radius 1 is 0.864 bits per heavy atom. The highest BCUT2D eigenvalue weighted by molar-refractivity contribution is 7.43. The Labute approximate surface area is 133 Å². The summed E-state index contributed by atoms with van der Waals surface area (Å²) in [6.45, 7) is 6.54. The molecule has 8 heteroatoms. The van der Waals surface area contributed by atoms with Crippen LogP contribution in [0.15, 0.2) is 0 Å². The third-order valence-corrected chi connectivity index (χ3v) is 3.31. The Hall–Kier alpha value is -0.0100. The quantitative estimate of drug-likeness (QED) is 0.255. The molecule has 0 aromatic carbocycles. The van der Waals surface area contributed by atoms with E-state index in [4.69, 9.17) is 14.2 Å². The molecule has 0 bridgehead atoms. The van der Waals surface area contributed by atoms with Crippen molar-refractivity contribution in [2.75, 3.05) is 26.4 Å². The van der Waals surface area contributed by atoms with E-state index in [-0.39, 0.29) is 19.8 Å². The molecule has 0 aliphatic heterocycles. The van der Waals surface area contributed by atoms with E-state index < -0.39 is 13.8 Å². The number of phosphoric acid groups is 1. The van der Waals surface area contributed by atoms with Gasteiger partial charge in [0.15, 0.2) is 0 Å². The van der Waals surface area contributed by atoms with Crippen molar-refractivity contribution in [3.05, 3.63) is 0 Å². The summed E-state index contributed by atoms with van der Waals surface area (Å²) in [5, 5.41) is 0. The molecule has 0 spiro atoms. The number of hydrogen-bond donors (Lipinski definition) is 0. The fraction of sp³-hybridized carbons (Fsp3) is 1.00. The first-order valence-electron chi connectivity index (χ1n) is 7.97. The molecule has 0 aromatic heterocycles. The van der Waals surface area contributed by atoms with Crippen LogP contribution in [-0.4, -0.2) is 32.4 Å². The van der Waals surface area contributed by atoms with Crippen LogP contribution in [0.2, 0.25) is 0 Å². The number of phosphoric ester groups is 1. The minimum atomic E-state index is -5.27. The van der Waals surface area contributed by atoms with Gasteiger partial charge in [0.2, 0.25) is 0 Å². The molecular formula is C14H29O7P-2. The monoisotopic (exact) mass is 340 g/mol. The van der Waals surface area contributed by atoms with Gasteiger partial charge in [-0.05, 0) is 19.3 Å². The molecule has 0 rings (SSSR count). The van der Waals surface area contributed by atoms with E-state index >= 15 is 0 Å². The molecule has 7 nitrogen and oxygen atoms in total. The van der Waals surface area contributed by atoms with Gasteiger partial charge in [0, 0.05) is 6.61 Å². The lowest BCUT2D eigenvalue weighted by atomic mass is 10.3. The normalized spacial score (nSPS) is 12.8. The van der Waals surface area contributed by atoms with Crippen molar-refractivity contribution in [2.45, 2.75) is 65.3 Å². The van der Waals surface area contributed by atoms with Crippen molar-refractivity contribution in [3.63, 3.8) is 0 Å². The lowest BCUT2D eigenvalue weighted by Gasteiger charge is -2.40. The van der Waals surface area contributed by atoms with Crippen LogP contribution in [0, 0.1) is 0 Å². The Bertz CT molecular complexity index is 296. The predicted molar refractivity (Wildman–Crippen MR) is 78.9 cm³/mol. The fourth-order valence-electron chi connectivity index (χ4n) is 1.56. The Balaban J connectivity index is 4.80. The van der Waals surface area contributed by atoms with Crippen LogP contribution in [0.3, 0.4) is 0 Å². The van der Waals surface area contributed by atoms with Gasteiger partial charge in [0.05, 0.1) is 21.0 Å². The second-order valence-corrected chi connectivity index (χ2v) is 6.11. The Morgan fingerprint density at radius 3 is 1.73 bits per heavy atom. The van der Waals surface area contributed by atoms with Crippen molar-refractivity contribution in [2.24, 2.45) is 0 Å². The third kappa shape index (κ3) is 11.5. The minimum Gasteiger partial charge on any atom is -0.790 e. The summed E-state index contributed by atoms with van der Waals surface area (Å²) in [6.07, 6.45) is 4.84. The van der Waals surface area contributed by atoms with Crippen LogP contribution in [0.5, 0.6) is 0 Å². The Kier molecular flexibility index (Phi) is 12.4. The molecule has 0 N–H and O–H groups in total. The van der Waals surface area contributed by atoms with Crippen LogP contribution in [0.4, 0.5) is 0 Å². The maximum Gasteiger partial charge on any atom is 0.311 e. The van der Waals surface area contributed by atoms with E-state index in [0.717, 1.165) is 25.7 Å². The molecule has 0 amide bonds. The smallest absolute Gasteiger partial charge is 0.311 e. The van der Waals surface area contributed by atoms with E-state index in [1.807, 2.05) is 20.8 Å². The van der Waals surface area contributed by atoms with Crippen LogP contribution < -0.4 is 9.79 Å². The number of unbranched alkanes of at least 4 members (excludes halogenated alkanes) is 3. The lowest BCUT2D eigenvalue weighted by Crippen LogP contribution is -2.46. The molecule has 0 aromatic rings. The molecular weight excluding hydrogens is 311 g/mol. The summed E-state index contributed by atoms with van der Waals surface area (Å²) >= 11 is 0. The summed E-state index contributed by atoms with van der Waals surface area (Å²) in [7, 11) is -5.27. The zero-order valence-electron chi connectivity index (χ0n) is 13.9. The standard InChI is InChI=1S/C14H31O7P/c1-4-7-10-18-13-14(19-11-8-5-2,20-12-9-6-3)21-22(15,16)17/h4-13H2,1-3H3,(H2,15,16,17)/p-2. The molecule has 0 fully saturated rings. The zero-order valence-corrected chi connectivity index (χ0v) is 14.8. The van der Waals surface area contributed by atoms with Gasteiger partial charge >= 0.3 is 5.97 Å². The van der Waals surface area contributed by atoms with Crippen molar-refractivity contribution >= 4 is 7.82 Å². The molecule has 0 saturated carbocycles. The maximum atomic E-state index is 11.0. The van der Waals surface area contributed by atoms with E-state index in [0.29, 0.717) is 19.4 Å². The lowest BCUT2D eigenvalue weighted by molar-refractivity contribution is -0.417. The molecule has 22 heavy (non-hydrogen) atoms. The molecule has 0 aliphatic rings. The van der Waals surface area contributed by atoms with Gasteiger partial charge in [-0.3, -0.25) is 4.52 Å². The average molecular weight is 340 g/mol. The van der Waals surface area contributed by atoms with Crippen LogP contribution >= 0.6 is 7.82 Å². The van der Waals surface area contributed by atoms with Crippen molar-refractivity contribution in [1.29, 1.82) is 0 Å². The molecule has 0 aliphatic carbocycles. The summed E-state index contributed by atoms with van der Waals surface area (Å²) in [5.41, 5.74) is 0. The van der Waals surface area contributed by atoms with Crippen molar-refractivity contribution in [1.82, 2.24) is 0 Å². The van der Waals surface area contributed by atoms with Gasteiger partial charge in [-0.1, -0.05) is 40.0 Å². The first-order chi connectivity index (χ1) is 10.4. The second kappa shape index (κ2) is 12.4.